The van der Waals surface area contributed by atoms with Crippen LogP contribution in [-0.2, 0) is 6.54 Å². The first-order chi connectivity index (χ1) is 9.11. The fraction of sp³-hybridized carbons (Fsp3) is 0.600. The van der Waals surface area contributed by atoms with Gasteiger partial charge in [0, 0.05) is 44.5 Å². The maximum absolute atomic E-state index is 13.4. The Morgan fingerprint density at radius 1 is 1.21 bits per heavy atom. The third kappa shape index (κ3) is 3.45. The second-order valence-electron chi connectivity index (χ2n) is 5.42. The molecule has 0 aromatic heterocycles. The van der Waals surface area contributed by atoms with Gasteiger partial charge >= 0.3 is 0 Å². The van der Waals surface area contributed by atoms with Crippen LogP contribution in [0, 0.1) is 5.82 Å². The summed E-state index contributed by atoms with van der Waals surface area (Å²) in [4.78, 5) is 4.85. The Morgan fingerprint density at radius 3 is 2.47 bits per heavy atom. The highest BCUT2D eigenvalue weighted by Crippen LogP contribution is 2.23. The molecule has 0 unspecified atom stereocenters. The average molecular weight is 265 g/mol. The number of hydrogen-bond acceptors (Lipinski definition) is 3. The summed E-state index contributed by atoms with van der Waals surface area (Å²) in [7, 11) is 1.89. The Bertz CT molecular complexity index is 412. The summed E-state index contributed by atoms with van der Waals surface area (Å²) in [6.07, 6.45) is 0. The van der Waals surface area contributed by atoms with E-state index in [9.17, 15) is 4.39 Å². The molecule has 4 heteroatoms. The molecule has 19 heavy (non-hydrogen) atoms. The number of nitrogens with zero attached hydrogens (tertiary/aromatic N) is 2. The molecule has 1 N–H and O–H groups in total. The third-order valence-corrected chi connectivity index (χ3v) is 3.79. The van der Waals surface area contributed by atoms with Gasteiger partial charge in [0.1, 0.15) is 5.82 Å². The van der Waals surface area contributed by atoms with E-state index in [1.807, 2.05) is 13.1 Å². The summed E-state index contributed by atoms with van der Waals surface area (Å²) in [6.45, 7) is 9.36. The van der Waals surface area contributed by atoms with E-state index in [2.05, 4.69) is 29.0 Å². The third-order valence-electron chi connectivity index (χ3n) is 3.79. The van der Waals surface area contributed by atoms with Crippen LogP contribution in [0.15, 0.2) is 18.2 Å². The minimum Gasteiger partial charge on any atom is -0.369 e. The molecule has 0 saturated carbocycles. The summed E-state index contributed by atoms with van der Waals surface area (Å²) in [5.41, 5.74) is 2.21. The van der Waals surface area contributed by atoms with E-state index in [4.69, 9.17) is 0 Å². The van der Waals surface area contributed by atoms with Crippen molar-refractivity contribution in [1.29, 1.82) is 0 Å². The van der Waals surface area contributed by atoms with E-state index < -0.39 is 0 Å². The predicted octanol–water partition coefficient (Wildman–Crippen LogP) is 2.08. The summed E-state index contributed by atoms with van der Waals surface area (Å²) in [6, 6.07) is 5.71. The van der Waals surface area contributed by atoms with E-state index in [0.717, 1.165) is 31.7 Å². The fourth-order valence-electron chi connectivity index (χ4n) is 2.67. The second kappa shape index (κ2) is 6.35. The topological polar surface area (TPSA) is 18.5 Å². The van der Waals surface area contributed by atoms with Crippen LogP contribution in [-0.4, -0.2) is 44.2 Å². The SMILES string of the molecule is CNCc1cc(F)ccc1N1CCN(C(C)C)CC1. The summed E-state index contributed by atoms with van der Waals surface area (Å²) >= 11 is 0. The number of benzene rings is 1. The lowest BCUT2D eigenvalue weighted by atomic mass is 10.1. The number of halogens is 1. The van der Waals surface area contributed by atoms with Crippen molar-refractivity contribution in [1.82, 2.24) is 10.2 Å². The lowest BCUT2D eigenvalue weighted by Gasteiger charge is -2.38. The Labute approximate surface area is 115 Å². The zero-order valence-corrected chi connectivity index (χ0v) is 12.1. The molecule has 1 aromatic rings. The number of rotatable bonds is 4. The number of nitrogens with one attached hydrogen (secondary N) is 1. The first-order valence-electron chi connectivity index (χ1n) is 7.04. The fourth-order valence-corrected chi connectivity index (χ4v) is 2.67. The van der Waals surface area contributed by atoms with Crippen molar-refractivity contribution in [2.24, 2.45) is 0 Å². The van der Waals surface area contributed by atoms with Gasteiger partial charge in [0.25, 0.3) is 0 Å². The van der Waals surface area contributed by atoms with Crippen LogP contribution >= 0.6 is 0 Å². The molecular formula is C15H24FN3. The van der Waals surface area contributed by atoms with Crippen molar-refractivity contribution < 1.29 is 4.39 Å². The van der Waals surface area contributed by atoms with Gasteiger partial charge in [0.2, 0.25) is 0 Å². The normalized spacial score (nSPS) is 17.2. The summed E-state index contributed by atoms with van der Waals surface area (Å²) < 4.78 is 13.4. The van der Waals surface area contributed by atoms with Crippen LogP contribution in [0.25, 0.3) is 0 Å². The van der Waals surface area contributed by atoms with Gasteiger partial charge in [-0.3, -0.25) is 4.90 Å². The van der Waals surface area contributed by atoms with Crippen molar-refractivity contribution in [2.75, 3.05) is 38.1 Å². The van der Waals surface area contributed by atoms with E-state index in [1.165, 1.54) is 5.69 Å². The molecule has 1 aliphatic heterocycles. The molecule has 0 bridgehead atoms. The molecule has 2 rings (SSSR count). The van der Waals surface area contributed by atoms with E-state index in [0.29, 0.717) is 12.6 Å². The standard InChI is InChI=1S/C15H24FN3/c1-12(2)18-6-8-19(9-7-18)15-5-4-14(16)10-13(15)11-17-3/h4-5,10,12,17H,6-9,11H2,1-3H3. The quantitative estimate of drug-likeness (QED) is 0.899. The van der Waals surface area contributed by atoms with Crippen molar-refractivity contribution in [2.45, 2.75) is 26.4 Å². The van der Waals surface area contributed by atoms with Gasteiger partial charge < -0.3 is 10.2 Å². The van der Waals surface area contributed by atoms with Gasteiger partial charge in [-0.2, -0.15) is 0 Å². The van der Waals surface area contributed by atoms with E-state index >= 15 is 0 Å². The average Bonchev–Trinajstić information content (AvgIpc) is 2.39. The molecule has 1 heterocycles. The van der Waals surface area contributed by atoms with Crippen molar-refractivity contribution >= 4 is 5.69 Å². The smallest absolute Gasteiger partial charge is 0.123 e. The zero-order valence-electron chi connectivity index (χ0n) is 12.1. The van der Waals surface area contributed by atoms with Gasteiger partial charge in [0.15, 0.2) is 0 Å². The van der Waals surface area contributed by atoms with Crippen LogP contribution in [0.1, 0.15) is 19.4 Å². The molecule has 1 fully saturated rings. The maximum atomic E-state index is 13.4. The predicted molar refractivity (Wildman–Crippen MR) is 78.1 cm³/mol. The van der Waals surface area contributed by atoms with Gasteiger partial charge in [-0.05, 0) is 44.7 Å². The number of hydrogen-bond donors (Lipinski definition) is 1. The zero-order chi connectivity index (χ0) is 13.8. The van der Waals surface area contributed by atoms with Crippen molar-refractivity contribution in [3.63, 3.8) is 0 Å². The van der Waals surface area contributed by atoms with E-state index in [-0.39, 0.29) is 5.82 Å². The van der Waals surface area contributed by atoms with Crippen LogP contribution < -0.4 is 10.2 Å². The largest absolute Gasteiger partial charge is 0.369 e. The van der Waals surface area contributed by atoms with E-state index in [1.54, 1.807) is 12.1 Å². The molecular weight excluding hydrogens is 241 g/mol. The van der Waals surface area contributed by atoms with Crippen LogP contribution in [0.5, 0.6) is 0 Å². The van der Waals surface area contributed by atoms with Crippen molar-refractivity contribution in [3.8, 4) is 0 Å². The first kappa shape index (κ1) is 14.3. The molecule has 1 aromatic carbocycles. The molecule has 0 spiro atoms. The highest BCUT2D eigenvalue weighted by atomic mass is 19.1. The lowest BCUT2D eigenvalue weighted by molar-refractivity contribution is 0.209. The molecule has 3 nitrogen and oxygen atoms in total. The summed E-state index contributed by atoms with van der Waals surface area (Å²) in [5, 5.41) is 3.11. The highest BCUT2D eigenvalue weighted by Gasteiger charge is 2.20. The molecule has 1 aliphatic rings. The molecule has 0 radical (unpaired) electrons. The van der Waals surface area contributed by atoms with Gasteiger partial charge in [-0.25, -0.2) is 4.39 Å². The van der Waals surface area contributed by atoms with Gasteiger partial charge in [0.05, 0.1) is 0 Å². The van der Waals surface area contributed by atoms with Crippen molar-refractivity contribution in [3.05, 3.63) is 29.6 Å². The van der Waals surface area contributed by atoms with Crippen LogP contribution in [0.2, 0.25) is 0 Å². The Balaban J connectivity index is 2.10. The lowest BCUT2D eigenvalue weighted by Crippen LogP contribution is -2.49. The number of piperazine rings is 1. The highest BCUT2D eigenvalue weighted by molar-refractivity contribution is 5.54. The number of anilines is 1. The minimum absolute atomic E-state index is 0.158. The molecule has 0 amide bonds. The molecule has 0 atom stereocenters. The second-order valence-corrected chi connectivity index (χ2v) is 5.42. The molecule has 1 saturated heterocycles. The van der Waals surface area contributed by atoms with Gasteiger partial charge in [-0.15, -0.1) is 0 Å². The van der Waals surface area contributed by atoms with Gasteiger partial charge in [-0.1, -0.05) is 0 Å². The van der Waals surface area contributed by atoms with Crippen LogP contribution in [0.3, 0.4) is 0 Å². The summed E-state index contributed by atoms with van der Waals surface area (Å²) in [5.74, 6) is -0.158. The monoisotopic (exact) mass is 265 g/mol. The Hall–Kier alpha value is -1.13. The minimum atomic E-state index is -0.158. The Morgan fingerprint density at radius 2 is 1.89 bits per heavy atom. The molecule has 106 valence electrons. The van der Waals surface area contributed by atoms with Crippen LogP contribution in [0.4, 0.5) is 10.1 Å². The first-order valence-corrected chi connectivity index (χ1v) is 7.04. The Kier molecular flexibility index (Phi) is 4.77. The maximum Gasteiger partial charge on any atom is 0.123 e. The molecule has 0 aliphatic carbocycles.